The number of carboxylic acids is 3. The van der Waals surface area contributed by atoms with Crippen LogP contribution in [0.2, 0.25) is 0 Å². The van der Waals surface area contributed by atoms with Crippen molar-refractivity contribution in [1.82, 2.24) is 0 Å². The van der Waals surface area contributed by atoms with E-state index in [9.17, 15) is 24.0 Å². The molecule has 0 saturated carbocycles. The van der Waals surface area contributed by atoms with E-state index in [0.29, 0.717) is 6.08 Å². The minimum absolute atomic E-state index is 0.372. The van der Waals surface area contributed by atoms with Crippen LogP contribution in [0.1, 0.15) is 13.3 Å². The first-order valence-corrected chi connectivity index (χ1v) is 5.36. The first kappa shape index (κ1) is 18.2. The molecule has 0 aliphatic carbocycles. The second-order valence-electron chi connectivity index (χ2n) is 3.66. The van der Waals surface area contributed by atoms with Crippen molar-refractivity contribution in [2.24, 2.45) is 0 Å². The minimum atomic E-state index is -1.78. The van der Waals surface area contributed by atoms with Gasteiger partial charge in [0.2, 0.25) is 0 Å². The summed E-state index contributed by atoms with van der Waals surface area (Å²) in [6.07, 6.45) is -2.11. The average molecular weight is 304 g/mol. The molecule has 0 aromatic heterocycles. The van der Waals surface area contributed by atoms with Gasteiger partial charge in [0.15, 0.2) is 6.10 Å². The summed E-state index contributed by atoms with van der Waals surface area (Å²) >= 11 is 0. The van der Waals surface area contributed by atoms with E-state index in [1.54, 1.807) is 0 Å². The van der Waals surface area contributed by atoms with Crippen LogP contribution in [-0.2, 0) is 33.4 Å². The van der Waals surface area contributed by atoms with E-state index >= 15 is 0 Å². The molecule has 0 bridgehead atoms. The van der Waals surface area contributed by atoms with Gasteiger partial charge in [-0.3, -0.25) is 4.79 Å². The lowest BCUT2D eigenvalue weighted by Crippen LogP contribution is -2.30. The molecule has 1 unspecified atom stereocenters. The quantitative estimate of drug-likeness (QED) is 0.288. The lowest BCUT2D eigenvalue weighted by Gasteiger charge is -2.10. The van der Waals surface area contributed by atoms with Crippen LogP contribution in [0, 0.1) is 0 Å². The molecule has 0 aliphatic heterocycles. The molecule has 3 N–H and O–H groups in total. The molecule has 0 aromatic rings. The van der Waals surface area contributed by atoms with Crippen LogP contribution in [0.15, 0.2) is 11.6 Å². The lowest BCUT2D eigenvalue weighted by molar-refractivity contribution is -0.167. The molecule has 10 heteroatoms. The number of ether oxygens (including phenoxy) is 2. The third-order valence-electron chi connectivity index (χ3n) is 1.92. The zero-order chi connectivity index (χ0) is 16.6. The summed E-state index contributed by atoms with van der Waals surface area (Å²) in [6.45, 7) is 0.119. The Morgan fingerprint density at radius 1 is 1.10 bits per heavy atom. The highest BCUT2D eigenvalue weighted by molar-refractivity contribution is 5.98. The van der Waals surface area contributed by atoms with Crippen molar-refractivity contribution in [3.63, 3.8) is 0 Å². The van der Waals surface area contributed by atoms with Gasteiger partial charge in [-0.15, -0.1) is 0 Å². The highest BCUT2D eigenvalue weighted by Crippen LogP contribution is 2.00. The monoisotopic (exact) mass is 304 g/mol. The van der Waals surface area contributed by atoms with E-state index in [0.717, 1.165) is 6.92 Å². The molecule has 0 rings (SSSR count). The van der Waals surface area contributed by atoms with Crippen LogP contribution in [0.4, 0.5) is 0 Å². The summed E-state index contributed by atoms with van der Waals surface area (Å²) in [7, 11) is 0. The number of hydrogen-bond acceptors (Lipinski definition) is 7. The SMILES string of the molecule is C/C(=C/C(=O)OC(=O)COC(CC(=O)O)C(=O)O)C(=O)O. The molecular weight excluding hydrogens is 292 g/mol. The molecule has 0 heterocycles. The van der Waals surface area contributed by atoms with Gasteiger partial charge in [-0.2, -0.15) is 0 Å². The Labute approximate surface area is 117 Å². The van der Waals surface area contributed by atoms with Gasteiger partial charge in [-0.25, -0.2) is 19.2 Å². The molecule has 116 valence electrons. The second kappa shape index (κ2) is 8.43. The summed E-state index contributed by atoms with van der Waals surface area (Å²) in [4.78, 5) is 53.6. The number of aliphatic carboxylic acids is 3. The van der Waals surface area contributed by atoms with Crippen LogP contribution in [0.25, 0.3) is 0 Å². The zero-order valence-corrected chi connectivity index (χ0v) is 10.8. The van der Waals surface area contributed by atoms with Crippen LogP contribution in [0.3, 0.4) is 0 Å². The predicted molar refractivity (Wildman–Crippen MR) is 62.1 cm³/mol. The van der Waals surface area contributed by atoms with E-state index in [4.69, 9.17) is 15.3 Å². The number of rotatable bonds is 8. The first-order chi connectivity index (χ1) is 9.63. The largest absolute Gasteiger partial charge is 0.481 e. The van der Waals surface area contributed by atoms with Gasteiger partial charge in [0.05, 0.1) is 6.42 Å². The fourth-order valence-corrected chi connectivity index (χ4v) is 0.954. The van der Waals surface area contributed by atoms with E-state index in [1.807, 2.05) is 0 Å². The fraction of sp³-hybridized carbons (Fsp3) is 0.364. The number of carbonyl (C=O) groups is 5. The zero-order valence-electron chi connectivity index (χ0n) is 10.8. The van der Waals surface area contributed by atoms with Crippen LogP contribution in [-0.4, -0.2) is 57.9 Å². The van der Waals surface area contributed by atoms with E-state index < -0.39 is 49.0 Å². The Kier molecular flexibility index (Phi) is 7.32. The summed E-state index contributed by atoms with van der Waals surface area (Å²) in [5.41, 5.74) is -0.372. The molecule has 0 amide bonds. The lowest BCUT2D eigenvalue weighted by atomic mass is 10.2. The third kappa shape index (κ3) is 8.10. The summed E-state index contributed by atoms with van der Waals surface area (Å²) in [5.74, 6) is -6.99. The Balaban J connectivity index is 4.40. The maximum Gasteiger partial charge on any atom is 0.339 e. The van der Waals surface area contributed by atoms with Crippen molar-refractivity contribution in [2.45, 2.75) is 19.4 Å². The predicted octanol–water partition coefficient (Wildman–Crippen LogP) is -0.968. The molecular formula is C11H12O10. The number of carboxylic acid groups (broad SMARTS) is 3. The molecule has 0 saturated heterocycles. The third-order valence-corrected chi connectivity index (χ3v) is 1.92. The second-order valence-corrected chi connectivity index (χ2v) is 3.66. The number of esters is 2. The molecule has 1 atom stereocenters. The molecule has 0 radical (unpaired) electrons. The van der Waals surface area contributed by atoms with Gasteiger partial charge in [0.25, 0.3) is 0 Å². The number of hydrogen-bond donors (Lipinski definition) is 3. The number of carbonyl (C=O) groups excluding carboxylic acids is 2. The summed E-state index contributed by atoms with van der Waals surface area (Å²) in [5, 5.41) is 25.5. The summed E-state index contributed by atoms with van der Waals surface area (Å²) < 4.78 is 8.61. The first-order valence-electron chi connectivity index (χ1n) is 5.36. The van der Waals surface area contributed by atoms with Crippen LogP contribution < -0.4 is 0 Å². The molecule has 21 heavy (non-hydrogen) atoms. The standard InChI is InChI=1S/C11H12O10/c1-5(10(16)17)2-8(14)21-9(15)4-20-6(11(18)19)3-7(12)13/h2,6H,3-4H2,1H3,(H,12,13)(H,16,17)(H,18,19)/b5-2-. The Bertz CT molecular complexity index is 489. The summed E-state index contributed by atoms with van der Waals surface area (Å²) in [6, 6.07) is 0. The van der Waals surface area contributed by atoms with E-state index in [2.05, 4.69) is 9.47 Å². The van der Waals surface area contributed by atoms with Crippen molar-refractivity contribution in [2.75, 3.05) is 6.61 Å². The van der Waals surface area contributed by atoms with Gasteiger partial charge in [-0.1, -0.05) is 0 Å². The van der Waals surface area contributed by atoms with Gasteiger partial charge >= 0.3 is 29.8 Å². The maximum absolute atomic E-state index is 11.1. The Morgan fingerprint density at radius 2 is 1.67 bits per heavy atom. The molecule has 0 aliphatic rings. The van der Waals surface area contributed by atoms with E-state index in [1.165, 1.54) is 0 Å². The van der Waals surface area contributed by atoms with Gasteiger partial charge in [0.1, 0.15) is 6.61 Å². The topological polar surface area (TPSA) is 165 Å². The average Bonchev–Trinajstić information content (AvgIpc) is 2.33. The van der Waals surface area contributed by atoms with Crippen molar-refractivity contribution < 1.29 is 48.8 Å². The van der Waals surface area contributed by atoms with E-state index in [-0.39, 0.29) is 5.57 Å². The van der Waals surface area contributed by atoms with Gasteiger partial charge in [-0.05, 0) is 6.92 Å². The fourth-order valence-electron chi connectivity index (χ4n) is 0.954. The maximum atomic E-state index is 11.1. The van der Waals surface area contributed by atoms with Crippen molar-refractivity contribution in [3.05, 3.63) is 11.6 Å². The molecule has 0 spiro atoms. The highest BCUT2D eigenvalue weighted by atomic mass is 16.6. The van der Waals surface area contributed by atoms with Crippen molar-refractivity contribution in [3.8, 4) is 0 Å². The van der Waals surface area contributed by atoms with Gasteiger partial charge < -0.3 is 24.8 Å². The molecule has 10 nitrogen and oxygen atoms in total. The Hall–Kier alpha value is -2.75. The van der Waals surface area contributed by atoms with Crippen LogP contribution >= 0.6 is 0 Å². The molecule has 0 aromatic carbocycles. The van der Waals surface area contributed by atoms with Crippen molar-refractivity contribution >= 4 is 29.8 Å². The van der Waals surface area contributed by atoms with Crippen molar-refractivity contribution in [1.29, 1.82) is 0 Å². The van der Waals surface area contributed by atoms with Gasteiger partial charge in [0, 0.05) is 11.6 Å². The highest BCUT2D eigenvalue weighted by Gasteiger charge is 2.23. The normalized spacial score (nSPS) is 12.3. The Morgan fingerprint density at radius 3 is 2.10 bits per heavy atom. The molecule has 0 fully saturated rings. The van der Waals surface area contributed by atoms with Crippen LogP contribution in [0.5, 0.6) is 0 Å². The smallest absolute Gasteiger partial charge is 0.339 e. The minimum Gasteiger partial charge on any atom is -0.481 e.